The van der Waals surface area contributed by atoms with Crippen molar-refractivity contribution in [3.8, 4) is 22.6 Å². The molecular formula is C25H22N4O2S. The molecule has 3 heterocycles. The normalized spacial score (nSPS) is 18.5. The first-order valence-electron chi connectivity index (χ1n) is 10.9. The van der Waals surface area contributed by atoms with Crippen LogP contribution in [0.1, 0.15) is 47.6 Å². The van der Waals surface area contributed by atoms with Gasteiger partial charge in [0.1, 0.15) is 0 Å². The van der Waals surface area contributed by atoms with E-state index in [0.29, 0.717) is 30.6 Å². The van der Waals surface area contributed by atoms with Crippen LogP contribution in [0.3, 0.4) is 0 Å². The van der Waals surface area contributed by atoms with E-state index in [2.05, 4.69) is 27.7 Å². The van der Waals surface area contributed by atoms with Crippen LogP contribution in [0.15, 0.2) is 58.4 Å². The first-order chi connectivity index (χ1) is 15.6. The maximum absolute atomic E-state index is 12.6. The van der Waals surface area contributed by atoms with E-state index in [4.69, 9.17) is 9.51 Å². The molecule has 1 saturated heterocycles. The van der Waals surface area contributed by atoms with Gasteiger partial charge in [-0.25, -0.2) is 4.98 Å². The van der Waals surface area contributed by atoms with Crippen LogP contribution < -0.4 is 4.90 Å². The molecule has 0 radical (unpaired) electrons. The molecule has 6 rings (SSSR count). The van der Waals surface area contributed by atoms with Crippen LogP contribution in [0.2, 0.25) is 0 Å². The van der Waals surface area contributed by atoms with Gasteiger partial charge >= 0.3 is 0 Å². The summed E-state index contributed by atoms with van der Waals surface area (Å²) in [6, 6.07) is 16.1. The summed E-state index contributed by atoms with van der Waals surface area (Å²) >= 11 is 1.74. The van der Waals surface area contributed by atoms with E-state index in [1.165, 1.54) is 23.4 Å². The Labute approximate surface area is 189 Å². The number of aryl methyl sites for hydroxylation is 1. The summed E-state index contributed by atoms with van der Waals surface area (Å²) in [5.41, 5.74) is 5.01. The molecule has 4 aromatic rings. The predicted molar refractivity (Wildman–Crippen MR) is 124 cm³/mol. The number of carbonyl (C=O) groups is 1. The molecule has 160 valence electrons. The van der Waals surface area contributed by atoms with Crippen molar-refractivity contribution in [3.05, 3.63) is 70.4 Å². The predicted octanol–water partition coefficient (Wildman–Crippen LogP) is 5.57. The van der Waals surface area contributed by atoms with Gasteiger partial charge in [0.2, 0.25) is 17.6 Å². The number of hydrogen-bond donors (Lipinski definition) is 0. The van der Waals surface area contributed by atoms with Gasteiger partial charge in [0.15, 0.2) is 0 Å². The molecule has 1 aliphatic heterocycles. The number of amides is 1. The van der Waals surface area contributed by atoms with Crippen molar-refractivity contribution < 1.29 is 9.32 Å². The van der Waals surface area contributed by atoms with E-state index < -0.39 is 0 Å². The first-order valence-corrected chi connectivity index (χ1v) is 11.8. The van der Waals surface area contributed by atoms with Crippen LogP contribution in [0.25, 0.3) is 22.6 Å². The van der Waals surface area contributed by atoms with E-state index in [1.54, 1.807) is 16.2 Å². The molecule has 32 heavy (non-hydrogen) atoms. The Bertz CT molecular complexity index is 1290. The molecule has 1 aliphatic carbocycles. The highest BCUT2D eigenvalue weighted by Crippen LogP contribution is 2.42. The molecule has 1 amide bonds. The van der Waals surface area contributed by atoms with Gasteiger partial charge in [0, 0.05) is 41.1 Å². The zero-order chi connectivity index (χ0) is 21.7. The van der Waals surface area contributed by atoms with Gasteiger partial charge < -0.3 is 9.42 Å². The minimum absolute atomic E-state index is 0.0793. The van der Waals surface area contributed by atoms with Gasteiger partial charge in [-0.2, -0.15) is 4.98 Å². The topological polar surface area (TPSA) is 72.1 Å². The lowest BCUT2D eigenvalue weighted by Gasteiger charge is -2.16. The molecule has 2 aromatic heterocycles. The zero-order valence-electron chi connectivity index (χ0n) is 17.7. The van der Waals surface area contributed by atoms with Crippen LogP contribution in [0.4, 0.5) is 5.69 Å². The molecule has 7 heteroatoms. The van der Waals surface area contributed by atoms with Crippen molar-refractivity contribution in [2.24, 2.45) is 0 Å². The lowest BCUT2D eigenvalue weighted by molar-refractivity contribution is -0.117. The molecule has 2 aliphatic rings. The molecule has 0 bridgehead atoms. The monoisotopic (exact) mass is 442 g/mol. The van der Waals surface area contributed by atoms with Gasteiger partial charge in [-0.1, -0.05) is 41.1 Å². The zero-order valence-corrected chi connectivity index (χ0v) is 18.5. The maximum Gasteiger partial charge on any atom is 0.232 e. The van der Waals surface area contributed by atoms with Crippen molar-refractivity contribution in [3.63, 3.8) is 0 Å². The van der Waals surface area contributed by atoms with Crippen LogP contribution in [-0.4, -0.2) is 27.6 Å². The number of anilines is 1. The van der Waals surface area contributed by atoms with Gasteiger partial charge in [-0.3, -0.25) is 4.79 Å². The fourth-order valence-electron chi connectivity index (χ4n) is 4.12. The van der Waals surface area contributed by atoms with E-state index in [1.807, 2.05) is 43.3 Å². The Morgan fingerprint density at radius 3 is 2.66 bits per heavy atom. The third-order valence-corrected chi connectivity index (χ3v) is 7.13. The van der Waals surface area contributed by atoms with Gasteiger partial charge in [-0.15, -0.1) is 11.3 Å². The summed E-state index contributed by atoms with van der Waals surface area (Å²) in [5.74, 6) is 1.69. The molecule has 1 saturated carbocycles. The first kappa shape index (κ1) is 19.4. The van der Waals surface area contributed by atoms with Crippen LogP contribution in [-0.2, 0) is 4.79 Å². The maximum atomic E-state index is 12.6. The molecule has 0 unspecified atom stereocenters. The number of hydrogen-bond acceptors (Lipinski definition) is 6. The molecule has 2 fully saturated rings. The average Bonchev–Trinajstić information content (AvgIpc) is 3.20. The van der Waals surface area contributed by atoms with Gasteiger partial charge in [0.05, 0.1) is 16.6 Å². The highest BCUT2D eigenvalue weighted by atomic mass is 32.1. The molecule has 0 N–H and O–H groups in total. The fraction of sp³-hybridized carbons (Fsp3) is 0.280. The van der Waals surface area contributed by atoms with Crippen LogP contribution in [0.5, 0.6) is 0 Å². The second-order valence-corrected chi connectivity index (χ2v) is 9.51. The molecule has 0 spiro atoms. The molecule has 2 aromatic carbocycles. The third-order valence-electron chi connectivity index (χ3n) is 6.13. The summed E-state index contributed by atoms with van der Waals surface area (Å²) in [6.07, 6.45) is 2.88. The van der Waals surface area contributed by atoms with E-state index in [9.17, 15) is 4.79 Å². The number of aromatic nitrogens is 3. The van der Waals surface area contributed by atoms with Crippen molar-refractivity contribution in [2.75, 3.05) is 11.4 Å². The van der Waals surface area contributed by atoms with Crippen molar-refractivity contribution in [1.29, 1.82) is 0 Å². The second-order valence-electron chi connectivity index (χ2n) is 8.62. The fourth-order valence-corrected chi connectivity index (χ4v) is 5.12. The Hall–Kier alpha value is -3.32. The molecule has 1 atom stereocenters. The van der Waals surface area contributed by atoms with Crippen molar-refractivity contribution in [2.45, 2.75) is 38.0 Å². The molecular weight excluding hydrogens is 420 g/mol. The quantitative estimate of drug-likeness (QED) is 0.404. The average molecular weight is 443 g/mol. The Balaban J connectivity index is 1.22. The lowest BCUT2D eigenvalue weighted by atomic mass is 10.1. The minimum Gasteiger partial charge on any atom is -0.339 e. The minimum atomic E-state index is -0.104. The molecule has 6 nitrogen and oxygen atoms in total. The van der Waals surface area contributed by atoms with E-state index in [-0.39, 0.29) is 11.8 Å². The number of carbonyl (C=O) groups excluding carboxylic acids is 1. The van der Waals surface area contributed by atoms with E-state index >= 15 is 0 Å². The smallest absolute Gasteiger partial charge is 0.232 e. The standard InChI is InChI=1S/C25H22N4O2S/c1-15-5-9-20(10-6-15)29-13-19(12-22(29)30)24-27-23(28-31-24)18-4-2-3-17(11-18)21-14-32-25(26-21)16-7-8-16/h2-6,9-11,14,16,19H,7-8,12-13H2,1H3/t19-/m0/s1. The number of rotatable bonds is 5. The summed E-state index contributed by atoms with van der Waals surface area (Å²) in [6.45, 7) is 2.58. The largest absolute Gasteiger partial charge is 0.339 e. The number of thiazole rings is 1. The Morgan fingerprint density at radius 1 is 1.03 bits per heavy atom. The van der Waals surface area contributed by atoms with Crippen molar-refractivity contribution in [1.82, 2.24) is 15.1 Å². The number of nitrogens with zero attached hydrogens (tertiary/aromatic N) is 4. The SMILES string of the molecule is Cc1ccc(N2C[C@@H](c3nc(-c4cccc(-c5csc(C6CC6)n5)c4)no3)CC2=O)cc1. The third kappa shape index (κ3) is 3.62. The van der Waals surface area contributed by atoms with Gasteiger partial charge in [0.25, 0.3) is 0 Å². The Kier molecular flexibility index (Phi) is 4.64. The van der Waals surface area contributed by atoms with Gasteiger partial charge in [-0.05, 0) is 38.0 Å². The van der Waals surface area contributed by atoms with Crippen LogP contribution in [0, 0.1) is 6.92 Å². The Morgan fingerprint density at radius 2 is 1.84 bits per heavy atom. The lowest BCUT2D eigenvalue weighted by Crippen LogP contribution is -2.24. The summed E-state index contributed by atoms with van der Waals surface area (Å²) < 4.78 is 5.59. The van der Waals surface area contributed by atoms with Crippen LogP contribution >= 0.6 is 11.3 Å². The summed E-state index contributed by atoms with van der Waals surface area (Å²) in [4.78, 5) is 23.9. The highest BCUT2D eigenvalue weighted by Gasteiger charge is 2.35. The summed E-state index contributed by atoms with van der Waals surface area (Å²) in [7, 11) is 0. The second kappa shape index (κ2) is 7.67. The highest BCUT2D eigenvalue weighted by molar-refractivity contribution is 7.10. The summed E-state index contributed by atoms with van der Waals surface area (Å²) in [5, 5.41) is 7.57. The van der Waals surface area contributed by atoms with E-state index in [0.717, 1.165) is 22.5 Å². The van der Waals surface area contributed by atoms with Crippen molar-refractivity contribution >= 4 is 22.9 Å². The number of benzene rings is 2.